The van der Waals surface area contributed by atoms with Gasteiger partial charge in [0, 0.05) is 64.2 Å². The van der Waals surface area contributed by atoms with Gasteiger partial charge in [-0.3, -0.25) is 9.80 Å². The third-order valence-electron chi connectivity index (χ3n) is 10.8. The Morgan fingerprint density at radius 3 is 2.05 bits per heavy atom. The van der Waals surface area contributed by atoms with Crippen LogP contribution in [-0.2, 0) is 45.1 Å². The maximum absolute atomic E-state index is 12.9. The maximum Gasteiger partial charge on any atom is 0.328 e. The van der Waals surface area contributed by atoms with E-state index in [4.69, 9.17) is 14.2 Å². The molecule has 7 rings (SSSR count). The minimum atomic E-state index is -0.808. The van der Waals surface area contributed by atoms with E-state index in [0.717, 1.165) is 84.6 Å². The molecule has 2 saturated heterocycles. The molecule has 0 aliphatic carbocycles. The summed E-state index contributed by atoms with van der Waals surface area (Å²) < 4.78 is 18.3. The third-order valence-corrected chi connectivity index (χ3v) is 10.8. The molecule has 10 heteroatoms. The number of nitrogens with one attached hydrogen (secondary N) is 2. The highest BCUT2D eigenvalue weighted by atomic mass is 16.7. The van der Waals surface area contributed by atoms with E-state index in [2.05, 4.69) is 87.2 Å². The third kappa shape index (κ3) is 11.2. The number of hydrogen-bond donors (Lipinski definition) is 3. The van der Waals surface area contributed by atoms with Crippen LogP contribution in [0.3, 0.4) is 0 Å². The number of benzene rings is 5. The zero-order chi connectivity index (χ0) is 39.4. The first-order valence-corrected chi connectivity index (χ1v) is 19.8. The van der Waals surface area contributed by atoms with Crippen LogP contribution in [-0.4, -0.2) is 78.9 Å². The first-order valence-electron chi connectivity index (χ1n) is 19.8. The van der Waals surface area contributed by atoms with Crippen LogP contribution >= 0.6 is 0 Å². The Balaban J connectivity index is 0.978. The topological polar surface area (TPSA) is 113 Å². The summed E-state index contributed by atoms with van der Waals surface area (Å²) in [4.78, 5) is 30.3. The van der Waals surface area contributed by atoms with Gasteiger partial charge in [-0.1, -0.05) is 127 Å². The van der Waals surface area contributed by atoms with Gasteiger partial charge >= 0.3 is 12.0 Å². The van der Waals surface area contributed by atoms with Gasteiger partial charge in [0.15, 0.2) is 6.29 Å². The van der Waals surface area contributed by atoms with E-state index in [1.165, 1.54) is 12.7 Å². The Hall–Kier alpha value is -5.36. The van der Waals surface area contributed by atoms with Crippen LogP contribution in [0.5, 0.6) is 0 Å². The molecule has 10 nitrogen and oxygen atoms in total. The van der Waals surface area contributed by atoms with Crippen molar-refractivity contribution >= 4 is 12.0 Å². The average molecular weight is 769 g/mol. The molecule has 296 valence electrons. The molecule has 0 aromatic heterocycles. The Morgan fingerprint density at radius 2 is 1.37 bits per heavy atom. The van der Waals surface area contributed by atoms with Crippen molar-refractivity contribution in [3.63, 3.8) is 0 Å². The number of hydrogen-bond acceptors (Lipinski definition) is 8. The number of methoxy groups -OCH3 is 1. The van der Waals surface area contributed by atoms with Gasteiger partial charge in [-0.2, -0.15) is 0 Å². The van der Waals surface area contributed by atoms with Crippen molar-refractivity contribution < 1.29 is 28.9 Å². The number of esters is 1. The lowest BCUT2D eigenvalue weighted by Crippen LogP contribution is -2.49. The highest BCUT2D eigenvalue weighted by molar-refractivity contribution is 5.83. The number of carbonyl (C=O) groups is 2. The second-order valence-corrected chi connectivity index (χ2v) is 14.8. The fourth-order valence-corrected chi connectivity index (χ4v) is 7.56. The Bertz CT molecular complexity index is 2020. The first kappa shape index (κ1) is 39.9. The van der Waals surface area contributed by atoms with Gasteiger partial charge in [-0.05, 0) is 45.0 Å². The van der Waals surface area contributed by atoms with Gasteiger partial charge in [0.25, 0.3) is 0 Å². The Kier molecular flexibility index (Phi) is 13.8. The van der Waals surface area contributed by atoms with Crippen LogP contribution in [0.1, 0.15) is 52.2 Å². The van der Waals surface area contributed by atoms with E-state index in [1.807, 2.05) is 66.7 Å². The summed E-state index contributed by atoms with van der Waals surface area (Å²) in [5.41, 5.74) is 8.11. The fourth-order valence-electron chi connectivity index (χ4n) is 7.56. The van der Waals surface area contributed by atoms with Crippen molar-refractivity contribution in [2.75, 3.05) is 39.8 Å². The lowest BCUT2D eigenvalue weighted by atomic mass is 9.98. The molecular weight excluding hydrogens is 717 g/mol. The largest absolute Gasteiger partial charge is 0.467 e. The number of amides is 2. The molecule has 2 aliphatic rings. The summed E-state index contributed by atoms with van der Waals surface area (Å²) in [5.74, 6) is -0.501. The summed E-state index contributed by atoms with van der Waals surface area (Å²) >= 11 is 0. The monoisotopic (exact) mass is 768 g/mol. The summed E-state index contributed by atoms with van der Waals surface area (Å²) in [7, 11) is 1.32. The predicted octanol–water partition coefficient (Wildman–Crippen LogP) is 6.79. The highest BCUT2D eigenvalue weighted by Gasteiger charge is 2.34. The number of carbonyl (C=O) groups excluding carboxylic acids is 2. The molecule has 57 heavy (non-hydrogen) atoms. The number of ether oxygens (including phenoxy) is 3. The number of nitrogens with zero attached hydrogens (tertiary/aromatic N) is 2. The van der Waals surface area contributed by atoms with Crippen molar-refractivity contribution in [2.45, 2.75) is 57.1 Å². The van der Waals surface area contributed by atoms with Crippen molar-refractivity contribution in [3.8, 4) is 11.1 Å². The molecule has 0 radical (unpaired) electrons. The van der Waals surface area contributed by atoms with E-state index < -0.39 is 24.3 Å². The lowest BCUT2D eigenvalue weighted by Gasteiger charge is -2.40. The maximum atomic E-state index is 12.9. The van der Waals surface area contributed by atoms with E-state index in [1.54, 1.807) is 0 Å². The number of piperazine rings is 1. The second-order valence-electron chi connectivity index (χ2n) is 14.8. The molecule has 4 atom stereocenters. The standard InChI is InChI=1S/C47H52N4O6/c1-55-45(53)43(28-34-9-4-2-5-10-34)49-47(54)48-30-37-13-8-14-41(27-37)38-19-21-40(22-20-38)46-56-42(29-44(57-46)39-17-15-36(33-52)16-18-39)32-51-25-23-50(24-26-51)31-35-11-6-3-7-12-35/h2-22,27,42-44,46,52H,23-26,28-33H2,1H3,(H2,48,49,54). The average Bonchev–Trinajstić information content (AvgIpc) is 3.26. The van der Waals surface area contributed by atoms with Gasteiger partial charge < -0.3 is 30.0 Å². The van der Waals surface area contributed by atoms with Crippen molar-refractivity contribution in [1.82, 2.24) is 20.4 Å². The van der Waals surface area contributed by atoms with Crippen LogP contribution in [0.25, 0.3) is 11.1 Å². The van der Waals surface area contributed by atoms with E-state index >= 15 is 0 Å². The molecule has 4 unspecified atom stereocenters. The summed E-state index contributed by atoms with van der Waals surface area (Å²) in [5, 5.41) is 15.3. The molecular formula is C47H52N4O6. The second kappa shape index (κ2) is 19.7. The molecule has 5 aromatic rings. The van der Waals surface area contributed by atoms with Crippen molar-refractivity contribution in [2.24, 2.45) is 0 Å². The fraction of sp³-hybridized carbons (Fsp3) is 0.319. The van der Waals surface area contributed by atoms with Gasteiger partial charge in [0.05, 0.1) is 25.9 Å². The van der Waals surface area contributed by atoms with E-state index in [9.17, 15) is 14.7 Å². The summed E-state index contributed by atoms with van der Waals surface area (Å²) in [6.07, 6.45) is 0.365. The van der Waals surface area contributed by atoms with Crippen LogP contribution in [0.15, 0.2) is 133 Å². The van der Waals surface area contributed by atoms with Gasteiger partial charge in [0.2, 0.25) is 0 Å². The highest BCUT2D eigenvalue weighted by Crippen LogP contribution is 2.39. The van der Waals surface area contributed by atoms with E-state index in [-0.39, 0.29) is 25.4 Å². The Morgan fingerprint density at radius 1 is 0.719 bits per heavy atom. The van der Waals surface area contributed by atoms with Gasteiger partial charge in [0.1, 0.15) is 6.04 Å². The SMILES string of the molecule is COC(=O)C(Cc1ccccc1)NC(=O)NCc1cccc(-c2ccc(C3OC(CN4CCN(Cc5ccccc5)CC4)CC(c4ccc(CO)cc4)O3)cc2)c1. The number of aliphatic hydroxyl groups is 1. The lowest BCUT2D eigenvalue weighted by molar-refractivity contribution is -0.253. The van der Waals surface area contributed by atoms with E-state index in [0.29, 0.717) is 6.42 Å². The van der Waals surface area contributed by atoms with Crippen LogP contribution in [0.2, 0.25) is 0 Å². The van der Waals surface area contributed by atoms with Crippen LogP contribution in [0.4, 0.5) is 4.79 Å². The molecule has 2 fully saturated rings. The van der Waals surface area contributed by atoms with Crippen LogP contribution in [0, 0.1) is 0 Å². The number of aliphatic hydroxyl groups excluding tert-OH is 1. The van der Waals surface area contributed by atoms with Gasteiger partial charge in [-0.25, -0.2) is 9.59 Å². The first-order chi connectivity index (χ1) is 27.9. The molecule has 0 bridgehead atoms. The summed E-state index contributed by atoms with van der Waals surface area (Å²) in [6.45, 7) is 6.11. The predicted molar refractivity (Wildman–Crippen MR) is 220 cm³/mol. The van der Waals surface area contributed by atoms with Crippen molar-refractivity contribution in [3.05, 3.63) is 167 Å². The quantitative estimate of drug-likeness (QED) is 0.106. The molecule has 3 N–H and O–H groups in total. The molecule has 0 saturated carbocycles. The van der Waals surface area contributed by atoms with Crippen LogP contribution < -0.4 is 10.6 Å². The summed E-state index contributed by atoms with van der Waals surface area (Å²) in [6, 6.07) is 43.2. The number of rotatable bonds is 14. The molecule has 2 aliphatic heterocycles. The zero-order valence-electron chi connectivity index (χ0n) is 32.5. The molecule has 2 amide bonds. The minimum Gasteiger partial charge on any atom is -0.467 e. The molecule has 0 spiro atoms. The van der Waals surface area contributed by atoms with Crippen molar-refractivity contribution in [1.29, 1.82) is 0 Å². The number of urea groups is 1. The molecule has 5 aromatic carbocycles. The Labute approximate surface area is 335 Å². The van der Waals surface area contributed by atoms with Gasteiger partial charge in [-0.15, -0.1) is 0 Å². The zero-order valence-corrected chi connectivity index (χ0v) is 32.5. The minimum absolute atomic E-state index is 0.00414. The molecule has 2 heterocycles. The normalized spacial score (nSPS) is 19.4. The smallest absolute Gasteiger partial charge is 0.328 e.